The normalized spacial score (nSPS) is 30.9. The minimum Gasteiger partial charge on any atom is -0.379 e. The quantitative estimate of drug-likeness (QED) is 0.542. The van der Waals surface area contributed by atoms with Crippen molar-refractivity contribution in [2.45, 2.75) is 57.4 Å². The van der Waals surface area contributed by atoms with Crippen LogP contribution >= 0.6 is 0 Å². The molecule has 1 saturated carbocycles. The van der Waals surface area contributed by atoms with Crippen LogP contribution < -0.4 is 5.32 Å². The molecule has 3 aliphatic heterocycles. The first-order valence-electron chi connectivity index (χ1n) is 12.3. The molecule has 0 amide bonds. The van der Waals surface area contributed by atoms with Crippen molar-refractivity contribution < 1.29 is 4.74 Å². The van der Waals surface area contributed by atoms with Gasteiger partial charge < -0.3 is 15.0 Å². The topological polar surface area (TPSA) is 43.3 Å². The number of nitrogens with zero attached hydrogens (tertiary/aromatic N) is 4. The number of guanidine groups is 1. The summed E-state index contributed by atoms with van der Waals surface area (Å²) in [6.45, 7) is 11.2. The summed E-state index contributed by atoms with van der Waals surface area (Å²) in [5.74, 6) is 2.84. The molecule has 2 atom stereocenters. The van der Waals surface area contributed by atoms with E-state index in [9.17, 15) is 0 Å². The summed E-state index contributed by atoms with van der Waals surface area (Å²) in [4.78, 5) is 12.5. The molecule has 6 heteroatoms. The third-order valence-corrected chi connectivity index (χ3v) is 7.63. The monoisotopic (exact) mass is 405 g/mol. The van der Waals surface area contributed by atoms with Gasteiger partial charge in [0.05, 0.1) is 13.2 Å². The van der Waals surface area contributed by atoms with Crippen LogP contribution in [0.1, 0.15) is 51.4 Å². The predicted octanol–water partition coefficient (Wildman–Crippen LogP) is 2.26. The summed E-state index contributed by atoms with van der Waals surface area (Å²) in [5, 5.41) is 3.75. The molecule has 4 rings (SSSR count). The van der Waals surface area contributed by atoms with E-state index in [1.165, 1.54) is 71.0 Å². The van der Waals surface area contributed by atoms with E-state index < -0.39 is 0 Å². The Bertz CT molecular complexity index is 515. The van der Waals surface area contributed by atoms with E-state index in [0.717, 1.165) is 63.7 Å². The molecule has 4 aliphatic rings. The number of aliphatic imine (C=N–C) groups is 1. The number of hydrogen-bond acceptors (Lipinski definition) is 4. The molecule has 3 saturated heterocycles. The molecule has 1 N–H and O–H groups in total. The lowest BCUT2D eigenvalue weighted by Crippen LogP contribution is -2.47. The van der Waals surface area contributed by atoms with Crippen molar-refractivity contribution in [3.63, 3.8) is 0 Å². The summed E-state index contributed by atoms with van der Waals surface area (Å²) in [5.41, 5.74) is 0. The highest BCUT2D eigenvalue weighted by molar-refractivity contribution is 5.80. The fourth-order valence-electron chi connectivity index (χ4n) is 5.93. The number of ether oxygens (including phenoxy) is 1. The van der Waals surface area contributed by atoms with Gasteiger partial charge in [-0.3, -0.25) is 14.8 Å². The minimum atomic E-state index is 0.695. The lowest BCUT2D eigenvalue weighted by molar-refractivity contribution is 0.0315. The van der Waals surface area contributed by atoms with Gasteiger partial charge in [0.25, 0.3) is 0 Å². The number of morpholine rings is 1. The molecule has 0 spiro atoms. The molecule has 3 heterocycles. The van der Waals surface area contributed by atoms with Gasteiger partial charge in [-0.15, -0.1) is 0 Å². The Hall–Kier alpha value is -0.850. The van der Waals surface area contributed by atoms with Crippen LogP contribution in [0.15, 0.2) is 4.99 Å². The Labute approximate surface area is 178 Å². The molecule has 4 fully saturated rings. The van der Waals surface area contributed by atoms with E-state index in [1.54, 1.807) is 0 Å². The molecule has 6 nitrogen and oxygen atoms in total. The first kappa shape index (κ1) is 21.4. The van der Waals surface area contributed by atoms with Gasteiger partial charge >= 0.3 is 0 Å². The van der Waals surface area contributed by atoms with Gasteiger partial charge in [-0.25, -0.2) is 0 Å². The highest BCUT2D eigenvalue weighted by atomic mass is 16.5. The van der Waals surface area contributed by atoms with Crippen LogP contribution in [-0.2, 0) is 4.74 Å². The molecule has 1 aliphatic carbocycles. The van der Waals surface area contributed by atoms with Crippen molar-refractivity contribution in [2.75, 3.05) is 72.6 Å². The standard InChI is InChI=1S/C23H43N5O/c1-24-23(28-11-9-21(19-28)17-26-12-14-29-15-13-26)25-16-22-8-5-10-27(22)18-20-6-3-2-4-7-20/h20-22H,2-19H2,1H3,(H,24,25). The molecular weight excluding hydrogens is 362 g/mol. The zero-order valence-electron chi connectivity index (χ0n) is 18.7. The molecule has 0 aromatic carbocycles. The van der Waals surface area contributed by atoms with Crippen LogP contribution in [0.5, 0.6) is 0 Å². The number of likely N-dealkylation sites (tertiary alicyclic amines) is 2. The van der Waals surface area contributed by atoms with E-state index in [2.05, 4.69) is 25.0 Å². The van der Waals surface area contributed by atoms with Gasteiger partial charge in [0.1, 0.15) is 0 Å². The first-order valence-corrected chi connectivity index (χ1v) is 12.3. The van der Waals surface area contributed by atoms with Crippen LogP contribution in [0.25, 0.3) is 0 Å². The molecule has 0 bridgehead atoms. The summed E-state index contributed by atoms with van der Waals surface area (Å²) in [7, 11) is 1.95. The molecule has 0 aromatic heterocycles. The average molecular weight is 406 g/mol. The summed E-state index contributed by atoms with van der Waals surface area (Å²) in [6.07, 6.45) is 11.3. The van der Waals surface area contributed by atoms with E-state index in [1.807, 2.05) is 7.05 Å². The average Bonchev–Trinajstić information content (AvgIpc) is 3.40. The fraction of sp³-hybridized carbons (Fsp3) is 0.957. The van der Waals surface area contributed by atoms with Gasteiger partial charge in [0, 0.05) is 58.9 Å². The van der Waals surface area contributed by atoms with Crippen molar-refractivity contribution in [3.8, 4) is 0 Å². The van der Waals surface area contributed by atoms with Gasteiger partial charge in [0.15, 0.2) is 5.96 Å². The lowest BCUT2D eigenvalue weighted by Gasteiger charge is -2.32. The Morgan fingerprint density at radius 2 is 1.72 bits per heavy atom. The van der Waals surface area contributed by atoms with E-state index >= 15 is 0 Å². The van der Waals surface area contributed by atoms with E-state index in [0.29, 0.717) is 6.04 Å². The van der Waals surface area contributed by atoms with Crippen LogP contribution in [0, 0.1) is 11.8 Å². The lowest BCUT2D eigenvalue weighted by atomic mass is 9.89. The summed E-state index contributed by atoms with van der Waals surface area (Å²) < 4.78 is 5.49. The summed E-state index contributed by atoms with van der Waals surface area (Å²) >= 11 is 0. The second-order valence-electron chi connectivity index (χ2n) is 9.74. The Morgan fingerprint density at radius 1 is 0.897 bits per heavy atom. The molecule has 2 unspecified atom stereocenters. The van der Waals surface area contributed by atoms with Gasteiger partial charge in [-0.05, 0) is 50.5 Å². The fourth-order valence-corrected chi connectivity index (χ4v) is 5.93. The molecule has 29 heavy (non-hydrogen) atoms. The SMILES string of the molecule is CN=C(NCC1CCCN1CC1CCCCC1)N1CCC(CN2CCOCC2)C1. The van der Waals surface area contributed by atoms with E-state index in [4.69, 9.17) is 4.74 Å². The minimum absolute atomic E-state index is 0.695. The zero-order valence-corrected chi connectivity index (χ0v) is 18.7. The number of hydrogen-bond donors (Lipinski definition) is 1. The first-order chi connectivity index (χ1) is 14.3. The highest BCUT2D eigenvalue weighted by Gasteiger charge is 2.30. The van der Waals surface area contributed by atoms with Crippen LogP contribution in [-0.4, -0.2) is 99.3 Å². The van der Waals surface area contributed by atoms with Gasteiger partial charge in [-0.1, -0.05) is 19.3 Å². The number of nitrogens with one attached hydrogen (secondary N) is 1. The van der Waals surface area contributed by atoms with Crippen LogP contribution in [0.3, 0.4) is 0 Å². The Morgan fingerprint density at radius 3 is 2.52 bits per heavy atom. The third kappa shape index (κ3) is 6.08. The Balaban J connectivity index is 1.20. The highest BCUT2D eigenvalue weighted by Crippen LogP contribution is 2.27. The van der Waals surface area contributed by atoms with Crippen molar-refractivity contribution in [1.82, 2.24) is 20.0 Å². The van der Waals surface area contributed by atoms with E-state index in [-0.39, 0.29) is 0 Å². The number of rotatable bonds is 6. The maximum absolute atomic E-state index is 5.49. The predicted molar refractivity (Wildman–Crippen MR) is 119 cm³/mol. The smallest absolute Gasteiger partial charge is 0.193 e. The zero-order chi connectivity index (χ0) is 19.9. The Kier molecular flexibility index (Phi) is 8.08. The van der Waals surface area contributed by atoms with Crippen molar-refractivity contribution in [1.29, 1.82) is 0 Å². The van der Waals surface area contributed by atoms with Gasteiger partial charge in [-0.2, -0.15) is 0 Å². The summed E-state index contributed by atoms with van der Waals surface area (Å²) in [6, 6.07) is 0.695. The van der Waals surface area contributed by atoms with Gasteiger partial charge in [0.2, 0.25) is 0 Å². The molecule has 0 radical (unpaired) electrons. The van der Waals surface area contributed by atoms with Crippen molar-refractivity contribution in [2.24, 2.45) is 16.8 Å². The molecule has 166 valence electrons. The van der Waals surface area contributed by atoms with Crippen LogP contribution in [0.2, 0.25) is 0 Å². The second-order valence-corrected chi connectivity index (χ2v) is 9.74. The maximum Gasteiger partial charge on any atom is 0.193 e. The second kappa shape index (κ2) is 11.0. The maximum atomic E-state index is 5.49. The van der Waals surface area contributed by atoms with Crippen LogP contribution in [0.4, 0.5) is 0 Å². The molecular formula is C23H43N5O. The third-order valence-electron chi connectivity index (χ3n) is 7.63. The molecule has 0 aromatic rings. The van der Waals surface area contributed by atoms with Crippen molar-refractivity contribution in [3.05, 3.63) is 0 Å². The van der Waals surface area contributed by atoms with Crippen molar-refractivity contribution >= 4 is 5.96 Å². The largest absolute Gasteiger partial charge is 0.379 e.